The molecule has 4 aromatic rings. The summed E-state index contributed by atoms with van der Waals surface area (Å²) in [6, 6.07) is 24.1. The Balaban J connectivity index is 1.32. The van der Waals surface area contributed by atoms with E-state index in [9.17, 15) is 18.0 Å². The Labute approximate surface area is 240 Å². The summed E-state index contributed by atoms with van der Waals surface area (Å²) in [5, 5.41) is 3.19. The first-order valence-electron chi connectivity index (χ1n) is 13.5. The van der Waals surface area contributed by atoms with E-state index in [1.165, 1.54) is 29.3 Å². The topological polar surface area (TPSA) is 66.9 Å². The Morgan fingerprint density at radius 2 is 1.66 bits per heavy atom. The van der Waals surface area contributed by atoms with Crippen LogP contribution in [0.25, 0.3) is 10.2 Å². The van der Waals surface area contributed by atoms with Crippen molar-refractivity contribution in [2.45, 2.75) is 18.7 Å². The standard InChI is InChI=1S/C30H31F3N4O3S/c31-30(32,33)40-24-11-12-26-27(21-24)41-28(34-26)35-29(38)37(16-15-36-17-19-39-20-18-36)14-13-25(22-7-3-1-4-8-22)23-9-5-2-6-10-23/h1-12,21,25H,13-20H2,(H,34,35,38). The number of fused-ring (bicyclic) bond motifs is 1. The van der Waals surface area contributed by atoms with Crippen molar-refractivity contribution in [1.29, 1.82) is 0 Å². The van der Waals surface area contributed by atoms with Gasteiger partial charge in [0, 0.05) is 44.7 Å². The molecule has 0 spiro atoms. The maximum absolute atomic E-state index is 13.6. The van der Waals surface area contributed by atoms with E-state index >= 15 is 0 Å². The highest BCUT2D eigenvalue weighted by Crippen LogP contribution is 2.32. The molecule has 1 N–H and O–H groups in total. The van der Waals surface area contributed by atoms with Gasteiger partial charge in [0.25, 0.3) is 0 Å². The van der Waals surface area contributed by atoms with Crippen molar-refractivity contribution in [1.82, 2.24) is 14.8 Å². The molecule has 0 saturated carbocycles. The lowest BCUT2D eigenvalue weighted by Crippen LogP contribution is -2.44. The largest absolute Gasteiger partial charge is 0.573 e. The molecular weight excluding hydrogens is 553 g/mol. The highest BCUT2D eigenvalue weighted by molar-refractivity contribution is 7.22. The van der Waals surface area contributed by atoms with Crippen molar-refractivity contribution in [3.8, 4) is 5.75 Å². The van der Waals surface area contributed by atoms with E-state index in [0.717, 1.165) is 24.4 Å². The molecule has 1 aromatic heterocycles. The van der Waals surface area contributed by atoms with Crippen LogP contribution in [0.15, 0.2) is 78.9 Å². The van der Waals surface area contributed by atoms with E-state index in [-0.39, 0.29) is 17.7 Å². The van der Waals surface area contributed by atoms with Crippen LogP contribution >= 0.6 is 11.3 Å². The number of ether oxygens (including phenoxy) is 2. The number of halogens is 3. The van der Waals surface area contributed by atoms with Gasteiger partial charge in [-0.05, 0) is 29.7 Å². The Morgan fingerprint density at radius 3 is 2.29 bits per heavy atom. The number of alkyl halides is 3. The van der Waals surface area contributed by atoms with Crippen molar-refractivity contribution in [2.75, 3.05) is 51.3 Å². The van der Waals surface area contributed by atoms with Crippen LogP contribution in [-0.4, -0.2) is 73.1 Å². The van der Waals surface area contributed by atoms with Gasteiger partial charge < -0.3 is 14.4 Å². The molecule has 0 aliphatic carbocycles. The molecule has 1 aliphatic rings. The minimum Gasteiger partial charge on any atom is -0.406 e. The van der Waals surface area contributed by atoms with Crippen LogP contribution in [-0.2, 0) is 4.74 Å². The van der Waals surface area contributed by atoms with E-state index in [0.29, 0.717) is 54.6 Å². The molecule has 11 heteroatoms. The highest BCUT2D eigenvalue weighted by atomic mass is 32.1. The fourth-order valence-electron chi connectivity index (χ4n) is 4.91. The van der Waals surface area contributed by atoms with E-state index in [2.05, 4.69) is 44.2 Å². The molecule has 1 fully saturated rings. The Hall–Kier alpha value is -3.67. The molecule has 3 aromatic carbocycles. The molecule has 1 aliphatic heterocycles. The number of benzene rings is 3. The average Bonchev–Trinajstić information content (AvgIpc) is 3.37. The third kappa shape index (κ3) is 8.18. The van der Waals surface area contributed by atoms with Gasteiger partial charge in [-0.25, -0.2) is 9.78 Å². The van der Waals surface area contributed by atoms with E-state index in [1.807, 2.05) is 36.4 Å². The lowest BCUT2D eigenvalue weighted by atomic mass is 9.88. The number of rotatable bonds is 10. The van der Waals surface area contributed by atoms with Gasteiger partial charge in [0.1, 0.15) is 5.75 Å². The predicted molar refractivity (Wildman–Crippen MR) is 153 cm³/mol. The number of carbonyl (C=O) groups excluding carboxylic acids is 1. The van der Waals surface area contributed by atoms with Crippen molar-refractivity contribution in [3.05, 3.63) is 90.0 Å². The second kappa shape index (κ2) is 13.3. The van der Waals surface area contributed by atoms with Crippen LogP contribution in [0.1, 0.15) is 23.5 Å². The first-order valence-corrected chi connectivity index (χ1v) is 14.3. The van der Waals surface area contributed by atoms with Gasteiger partial charge >= 0.3 is 12.4 Å². The normalized spacial score (nSPS) is 14.3. The van der Waals surface area contributed by atoms with Gasteiger partial charge in [0.2, 0.25) is 0 Å². The van der Waals surface area contributed by atoms with Crippen LogP contribution in [0, 0.1) is 0 Å². The van der Waals surface area contributed by atoms with Crippen molar-refractivity contribution in [2.24, 2.45) is 0 Å². The van der Waals surface area contributed by atoms with Crippen LogP contribution in [0.3, 0.4) is 0 Å². The zero-order chi connectivity index (χ0) is 28.7. The number of urea groups is 1. The minimum atomic E-state index is -4.78. The number of morpholine rings is 1. The van der Waals surface area contributed by atoms with Crippen LogP contribution in [0.2, 0.25) is 0 Å². The van der Waals surface area contributed by atoms with Crippen LogP contribution in [0.4, 0.5) is 23.1 Å². The number of aromatic nitrogens is 1. The summed E-state index contributed by atoms with van der Waals surface area (Å²) in [5.74, 6) is -0.225. The summed E-state index contributed by atoms with van der Waals surface area (Å²) in [5.41, 5.74) is 2.83. The molecule has 7 nitrogen and oxygen atoms in total. The number of anilines is 1. The summed E-state index contributed by atoms with van der Waals surface area (Å²) < 4.78 is 47.9. The Bertz CT molecular complexity index is 1370. The molecular formula is C30H31F3N4O3S. The van der Waals surface area contributed by atoms with Crippen molar-refractivity contribution < 1.29 is 27.4 Å². The van der Waals surface area contributed by atoms with Crippen LogP contribution < -0.4 is 10.1 Å². The number of carbonyl (C=O) groups is 1. The first-order chi connectivity index (χ1) is 19.8. The number of hydrogen-bond donors (Lipinski definition) is 1. The van der Waals surface area contributed by atoms with Crippen LogP contribution in [0.5, 0.6) is 5.75 Å². The number of hydrogen-bond acceptors (Lipinski definition) is 6. The fraction of sp³-hybridized carbons (Fsp3) is 0.333. The lowest BCUT2D eigenvalue weighted by molar-refractivity contribution is -0.274. The Morgan fingerprint density at radius 1 is 1.00 bits per heavy atom. The smallest absolute Gasteiger partial charge is 0.406 e. The maximum Gasteiger partial charge on any atom is 0.573 e. The SMILES string of the molecule is O=C(Nc1nc2ccc(OC(F)(F)F)cc2s1)N(CCC(c1ccccc1)c1ccccc1)CCN1CCOCC1. The fourth-order valence-corrected chi connectivity index (χ4v) is 5.79. The summed E-state index contributed by atoms with van der Waals surface area (Å²) in [4.78, 5) is 22.0. The molecule has 0 radical (unpaired) electrons. The van der Waals surface area contributed by atoms with E-state index < -0.39 is 6.36 Å². The lowest BCUT2D eigenvalue weighted by Gasteiger charge is -2.31. The van der Waals surface area contributed by atoms with Gasteiger partial charge in [-0.3, -0.25) is 10.2 Å². The van der Waals surface area contributed by atoms with Gasteiger partial charge in [-0.1, -0.05) is 72.0 Å². The van der Waals surface area contributed by atoms with Gasteiger partial charge in [-0.15, -0.1) is 13.2 Å². The molecule has 0 atom stereocenters. The zero-order valence-electron chi connectivity index (χ0n) is 22.3. The number of amides is 2. The number of thiazole rings is 1. The molecule has 2 amide bonds. The van der Waals surface area contributed by atoms with Crippen molar-refractivity contribution in [3.63, 3.8) is 0 Å². The van der Waals surface area contributed by atoms with Gasteiger partial charge in [0.15, 0.2) is 5.13 Å². The number of nitrogens with zero attached hydrogens (tertiary/aromatic N) is 3. The summed E-state index contributed by atoms with van der Waals surface area (Å²) in [7, 11) is 0. The van der Waals surface area contributed by atoms with Gasteiger partial charge in [-0.2, -0.15) is 0 Å². The van der Waals surface area contributed by atoms with E-state index in [4.69, 9.17) is 4.74 Å². The maximum atomic E-state index is 13.6. The Kier molecular flexibility index (Phi) is 9.38. The summed E-state index contributed by atoms with van der Waals surface area (Å²) >= 11 is 1.10. The quantitative estimate of drug-likeness (QED) is 0.228. The second-order valence-electron chi connectivity index (χ2n) is 9.73. The first kappa shape index (κ1) is 28.8. The molecule has 41 heavy (non-hydrogen) atoms. The monoisotopic (exact) mass is 584 g/mol. The third-order valence-electron chi connectivity index (χ3n) is 6.98. The molecule has 2 heterocycles. The molecule has 0 unspecified atom stereocenters. The predicted octanol–water partition coefficient (Wildman–Crippen LogP) is 6.58. The highest BCUT2D eigenvalue weighted by Gasteiger charge is 2.31. The van der Waals surface area contributed by atoms with E-state index in [1.54, 1.807) is 4.90 Å². The third-order valence-corrected chi connectivity index (χ3v) is 7.91. The van der Waals surface area contributed by atoms with Crippen molar-refractivity contribution >= 4 is 32.7 Å². The summed E-state index contributed by atoms with van der Waals surface area (Å²) in [6.07, 6.45) is -4.07. The molecule has 0 bridgehead atoms. The molecule has 216 valence electrons. The number of nitrogens with one attached hydrogen (secondary N) is 1. The summed E-state index contributed by atoms with van der Waals surface area (Å²) in [6.45, 7) is 4.68. The second-order valence-corrected chi connectivity index (χ2v) is 10.8. The zero-order valence-corrected chi connectivity index (χ0v) is 23.2. The minimum absolute atomic E-state index is 0.102. The van der Waals surface area contributed by atoms with Gasteiger partial charge in [0.05, 0.1) is 23.4 Å². The average molecular weight is 585 g/mol. The molecule has 5 rings (SSSR count). The molecule has 1 saturated heterocycles.